The predicted molar refractivity (Wildman–Crippen MR) is 127 cm³/mol. The maximum Gasteiger partial charge on any atom is 0.309 e. The molecule has 0 saturated carbocycles. The van der Waals surface area contributed by atoms with Crippen molar-refractivity contribution in [3.63, 3.8) is 0 Å². The van der Waals surface area contributed by atoms with E-state index < -0.39 is 11.6 Å². The van der Waals surface area contributed by atoms with E-state index in [9.17, 15) is 4.79 Å². The van der Waals surface area contributed by atoms with Crippen molar-refractivity contribution in [2.45, 2.75) is 18.6 Å². The van der Waals surface area contributed by atoms with Gasteiger partial charge in [-0.25, -0.2) is 14.4 Å². The molecule has 2 fully saturated rings. The van der Waals surface area contributed by atoms with E-state index in [-0.39, 0.29) is 11.7 Å². The number of carboxylic acid groups (broad SMARTS) is 1. The first kappa shape index (κ1) is 21.3. The third kappa shape index (κ3) is 3.58. The number of likely N-dealkylation sites (tertiary alicyclic amines) is 1. The highest BCUT2D eigenvalue weighted by atomic mass is 32.1. The molecule has 6 rings (SSSR count). The van der Waals surface area contributed by atoms with Crippen LogP contribution in [0.1, 0.15) is 23.2 Å². The van der Waals surface area contributed by atoms with Crippen molar-refractivity contribution in [3.8, 4) is 10.6 Å². The third-order valence-electron chi connectivity index (χ3n) is 6.69. The molecule has 2 saturated heterocycles. The fraction of sp³-hybridized carbons (Fsp3) is 0.269. The average Bonchev–Trinajstić information content (AvgIpc) is 3.19. The number of thiazole rings is 1. The molecule has 0 bridgehead atoms. The van der Waals surface area contributed by atoms with Crippen LogP contribution in [0.4, 0.5) is 4.39 Å². The summed E-state index contributed by atoms with van der Waals surface area (Å²) >= 11 is 1.37. The van der Waals surface area contributed by atoms with E-state index in [1.54, 1.807) is 6.07 Å². The van der Waals surface area contributed by atoms with Crippen molar-refractivity contribution in [1.82, 2.24) is 14.9 Å². The van der Waals surface area contributed by atoms with Crippen molar-refractivity contribution in [3.05, 3.63) is 83.3 Å². The zero-order valence-electron chi connectivity index (χ0n) is 18.3. The molecule has 1 N–H and O–H groups in total. The number of hydrogen-bond donors (Lipinski definition) is 1. The molecule has 2 aliphatic rings. The van der Waals surface area contributed by atoms with Gasteiger partial charge in [0.25, 0.3) is 0 Å². The van der Waals surface area contributed by atoms with Crippen LogP contribution in [0.25, 0.3) is 20.9 Å². The van der Waals surface area contributed by atoms with Gasteiger partial charge in [0.2, 0.25) is 0 Å². The van der Waals surface area contributed by atoms with Crippen molar-refractivity contribution in [2.75, 3.05) is 19.7 Å². The number of aliphatic carboxylic acids is 1. The molecule has 34 heavy (non-hydrogen) atoms. The number of rotatable bonds is 6. The van der Waals surface area contributed by atoms with Crippen LogP contribution >= 0.6 is 11.3 Å². The maximum atomic E-state index is 15.0. The fourth-order valence-corrected chi connectivity index (χ4v) is 5.66. The first-order chi connectivity index (χ1) is 16.5. The van der Waals surface area contributed by atoms with Crippen LogP contribution in [0.15, 0.2) is 60.7 Å². The minimum Gasteiger partial charge on any atom is -0.481 e. The Labute approximate surface area is 199 Å². The first-order valence-corrected chi connectivity index (χ1v) is 12.0. The van der Waals surface area contributed by atoms with Crippen LogP contribution in [-0.2, 0) is 21.7 Å². The van der Waals surface area contributed by atoms with E-state index in [0.717, 1.165) is 33.6 Å². The van der Waals surface area contributed by atoms with E-state index in [4.69, 9.17) is 14.8 Å². The molecule has 1 atom stereocenters. The van der Waals surface area contributed by atoms with Crippen LogP contribution < -0.4 is 0 Å². The molecule has 6 nitrogen and oxygen atoms in total. The molecule has 2 aromatic heterocycles. The molecule has 4 aromatic rings. The number of fused-ring (bicyclic) bond motifs is 1. The van der Waals surface area contributed by atoms with E-state index in [2.05, 4.69) is 17.1 Å². The number of carbonyl (C=O) groups is 1. The van der Waals surface area contributed by atoms with Gasteiger partial charge in [-0.1, -0.05) is 47.7 Å². The van der Waals surface area contributed by atoms with Crippen molar-refractivity contribution in [1.29, 1.82) is 0 Å². The monoisotopic (exact) mass is 475 g/mol. The zero-order valence-corrected chi connectivity index (χ0v) is 19.1. The topological polar surface area (TPSA) is 75.5 Å². The number of carboxylic acids is 1. The molecule has 0 spiro atoms. The van der Waals surface area contributed by atoms with Crippen LogP contribution in [0.5, 0.6) is 0 Å². The Balaban J connectivity index is 1.26. The van der Waals surface area contributed by atoms with Gasteiger partial charge in [-0.15, -0.1) is 0 Å². The minimum absolute atomic E-state index is 0.323. The van der Waals surface area contributed by atoms with Gasteiger partial charge in [-0.2, -0.15) is 0 Å². The first-order valence-electron chi connectivity index (χ1n) is 11.2. The Kier molecular flexibility index (Phi) is 5.17. The zero-order chi connectivity index (χ0) is 23.3. The number of hydrogen-bond acceptors (Lipinski definition) is 6. The quantitative estimate of drug-likeness (QED) is 0.437. The Morgan fingerprint density at radius 1 is 1.15 bits per heavy atom. The predicted octanol–water partition coefficient (Wildman–Crippen LogP) is 4.68. The average molecular weight is 476 g/mol. The fourth-order valence-electron chi connectivity index (χ4n) is 4.69. The highest BCUT2D eigenvalue weighted by Gasteiger charge is 2.43. The van der Waals surface area contributed by atoms with Gasteiger partial charge in [-0.3, -0.25) is 9.69 Å². The lowest BCUT2D eigenvalue weighted by molar-refractivity contribution is -0.147. The van der Waals surface area contributed by atoms with E-state index >= 15 is 4.39 Å². The molecule has 1 unspecified atom stereocenters. The summed E-state index contributed by atoms with van der Waals surface area (Å²) in [6.07, 6.45) is 0.863. The molecule has 2 aromatic carbocycles. The summed E-state index contributed by atoms with van der Waals surface area (Å²) in [6.45, 7) is 2.22. The van der Waals surface area contributed by atoms with Crippen molar-refractivity contribution < 1.29 is 19.0 Å². The molecule has 8 heteroatoms. The second kappa shape index (κ2) is 8.23. The molecule has 0 aliphatic carbocycles. The van der Waals surface area contributed by atoms with Crippen LogP contribution in [0.3, 0.4) is 0 Å². The highest BCUT2D eigenvalue weighted by Crippen LogP contribution is 2.43. The van der Waals surface area contributed by atoms with Gasteiger partial charge in [-0.05, 0) is 35.4 Å². The molecular weight excluding hydrogens is 453 g/mol. The molecule has 4 heterocycles. The van der Waals surface area contributed by atoms with Crippen LogP contribution in [0, 0.1) is 11.7 Å². The SMILES string of the molecule is O=C(O)C1CN(Cc2ccc(-c3nc4ccc(C5(c6ccccc6)CCO5)nc4s3)c(F)c2)C1. The summed E-state index contributed by atoms with van der Waals surface area (Å²) in [6, 6.07) is 19.1. The summed E-state index contributed by atoms with van der Waals surface area (Å²) in [5.74, 6) is -1.44. The summed E-state index contributed by atoms with van der Waals surface area (Å²) < 4.78 is 21.1. The largest absolute Gasteiger partial charge is 0.481 e. The Morgan fingerprint density at radius 3 is 2.62 bits per heavy atom. The second-order valence-corrected chi connectivity index (χ2v) is 9.85. The smallest absolute Gasteiger partial charge is 0.309 e. The lowest BCUT2D eigenvalue weighted by atomic mass is 9.83. The summed E-state index contributed by atoms with van der Waals surface area (Å²) in [4.78, 5) is 23.2. The summed E-state index contributed by atoms with van der Waals surface area (Å²) in [5.41, 5.74) is 3.38. The van der Waals surface area contributed by atoms with E-state index in [0.29, 0.717) is 36.8 Å². The number of benzene rings is 2. The molecule has 0 radical (unpaired) electrons. The van der Waals surface area contributed by atoms with E-state index in [1.807, 2.05) is 41.3 Å². The molecule has 2 aliphatic heterocycles. The summed E-state index contributed by atoms with van der Waals surface area (Å²) in [5, 5.41) is 9.60. The van der Waals surface area contributed by atoms with Gasteiger partial charge in [0, 0.05) is 31.6 Å². The highest BCUT2D eigenvalue weighted by molar-refractivity contribution is 7.21. The van der Waals surface area contributed by atoms with Gasteiger partial charge >= 0.3 is 5.97 Å². The Bertz CT molecular complexity index is 1380. The normalized spacial score (nSPS) is 20.7. The van der Waals surface area contributed by atoms with Crippen LogP contribution in [-0.4, -0.2) is 45.6 Å². The standard InChI is InChI=1S/C26H22FN3O3S/c27-20-12-16(13-30-14-17(15-30)25(31)32)6-7-19(20)23-28-21-8-9-22(29-24(21)34-23)26(10-11-33-26)18-4-2-1-3-5-18/h1-9,12,17H,10-11,13-15H2,(H,31,32). The Morgan fingerprint density at radius 2 is 1.94 bits per heavy atom. The second-order valence-electron chi connectivity index (χ2n) is 8.87. The van der Waals surface area contributed by atoms with Crippen molar-refractivity contribution >= 4 is 27.7 Å². The molecular formula is C26H22FN3O3S. The summed E-state index contributed by atoms with van der Waals surface area (Å²) in [7, 11) is 0. The number of ether oxygens (including phenoxy) is 1. The lowest BCUT2D eigenvalue weighted by Gasteiger charge is -2.41. The van der Waals surface area contributed by atoms with Gasteiger partial charge < -0.3 is 9.84 Å². The third-order valence-corrected chi connectivity index (χ3v) is 7.69. The van der Waals surface area contributed by atoms with Crippen molar-refractivity contribution in [2.24, 2.45) is 5.92 Å². The van der Waals surface area contributed by atoms with Gasteiger partial charge in [0.15, 0.2) is 0 Å². The van der Waals surface area contributed by atoms with Crippen LogP contribution in [0.2, 0.25) is 0 Å². The number of aromatic nitrogens is 2. The molecule has 172 valence electrons. The van der Waals surface area contributed by atoms with Gasteiger partial charge in [0.05, 0.1) is 18.2 Å². The molecule has 0 amide bonds. The van der Waals surface area contributed by atoms with Gasteiger partial charge in [0.1, 0.15) is 26.8 Å². The Hall–Kier alpha value is -3.20. The van der Waals surface area contributed by atoms with E-state index in [1.165, 1.54) is 17.4 Å². The number of pyridine rings is 1. The minimum atomic E-state index is -0.774. The number of halogens is 1. The number of nitrogens with zero attached hydrogens (tertiary/aromatic N) is 3. The maximum absolute atomic E-state index is 15.0. The lowest BCUT2D eigenvalue weighted by Crippen LogP contribution is -2.49.